The molecule has 0 fully saturated rings. The number of nitrogens with zero attached hydrogens (tertiary/aromatic N) is 3. The highest BCUT2D eigenvalue weighted by molar-refractivity contribution is 7.17. The molecule has 9 heteroatoms. The lowest BCUT2D eigenvalue weighted by Gasteiger charge is -2.17. The molecule has 7 nitrogen and oxygen atoms in total. The molecule has 3 aromatic rings. The Balaban J connectivity index is 1.72. The topological polar surface area (TPSA) is 89.0 Å². The summed E-state index contributed by atoms with van der Waals surface area (Å²) in [7, 11) is 0. The second-order valence-electron chi connectivity index (χ2n) is 4.48. The molecule has 0 radical (unpaired) electrons. The van der Waals surface area contributed by atoms with Crippen LogP contribution in [0.2, 0.25) is 5.28 Å². The number of amides is 1. The van der Waals surface area contributed by atoms with Gasteiger partial charge in [0.2, 0.25) is 5.28 Å². The molecule has 4 heterocycles. The van der Waals surface area contributed by atoms with E-state index >= 15 is 0 Å². The van der Waals surface area contributed by atoms with Gasteiger partial charge in [0, 0.05) is 0 Å². The normalized spacial score (nSPS) is 13.4. The zero-order chi connectivity index (χ0) is 15.1. The minimum absolute atomic E-state index is 0.00120. The molecule has 0 saturated heterocycles. The van der Waals surface area contributed by atoms with Crippen LogP contribution >= 0.6 is 22.9 Å². The van der Waals surface area contributed by atoms with E-state index in [1.165, 1.54) is 11.3 Å². The summed E-state index contributed by atoms with van der Waals surface area (Å²) >= 11 is 7.43. The molecule has 1 amide bonds. The first kappa shape index (κ1) is 13.2. The number of fused-ring (bicyclic) bond motifs is 2. The Bertz CT molecular complexity index is 897. The summed E-state index contributed by atoms with van der Waals surface area (Å²) in [5, 5.41) is 7.82. The Hall–Kier alpha value is -2.45. The predicted octanol–water partition coefficient (Wildman–Crippen LogP) is 2.81. The lowest BCUT2D eigenvalue weighted by atomic mass is 10.3. The molecule has 0 saturated carbocycles. The molecule has 1 aliphatic rings. The molecular formula is C13H8ClN5O2S. The quantitative estimate of drug-likeness (QED) is 0.701. The third-order valence-corrected chi connectivity index (χ3v) is 4.08. The van der Waals surface area contributed by atoms with Crippen LogP contribution in [0.25, 0.3) is 10.2 Å². The molecule has 0 bridgehead atoms. The van der Waals surface area contributed by atoms with Crippen molar-refractivity contribution in [2.75, 3.05) is 17.2 Å². The SMILES string of the molecule is O=C1COc2ccc(Nc3nc(Cl)nc4ccsc34)nc2N1. The van der Waals surface area contributed by atoms with E-state index < -0.39 is 0 Å². The van der Waals surface area contributed by atoms with E-state index in [9.17, 15) is 4.79 Å². The van der Waals surface area contributed by atoms with Crippen molar-refractivity contribution in [3.8, 4) is 5.75 Å². The van der Waals surface area contributed by atoms with Crippen molar-refractivity contribution in [1.29, 1.82) is 0 Å². The molecule has 0 aromatic carbocycles. The molecule has 4 rings (SSSR count). The van der Waals surface area contributed by atoms with E-state index in [0.717, 1.165) is 10.2 Å². The first-order valence-electron chi connectivity index (χ1n) is 6.30. The van der Waals surface area contributed by atoms with Crippen molar-refractivity contribution in [1.82, 2.24) is 15.0 Å². The van der Waals surface area contributed by atoms with Gasteiger partial charge in [0.05, 0.1) is 10.2 Å². The molecule has 0 unspecified atom stereocenters. The average molecular weight is 334 g/mol. The van der Waals surface area contributed by atoms with E-state index in [0.29, 0.717) is 23.2 Å². The van der Waals surface area contributed by atoms with Gasteiger partial charge < -0.3 is 15.4 Å². The second-order valence-corrected chi connectivity index (χ2v) is 5.74. The van der Waals surface area contributed by atoms with Gasteiger partial charge in [-0.25, -0.2) is 9.97 Å². The van der Waals surface area contributed by atoms with Gasteiger partial charge in [-0.05, 0) is 35.2 Å². The number of rotatable bonds is 2. The molecule has 0 aliphatic carbocycles. The Morgan fingerprint density at radius 3 is 3.09 bits per heavy atom. The van der Waals surface area contributed by atoms with E-state index in [1.807, 2.05) is 11.4 Å². The minimum atomic E-state index is -0.233. The van der Waals surface area contributed by atoms with Gasteiger partial charge in [0.15, 0.2) is 24.0 Å². The van der Waals surface area contributed by atoms with Crippen molar-refractivity contribution < 1.29 is 9.53 Å². The van der Waals surface area contributed by atoms with Crippen LogP contribution in [0.4, 0.5) is 17.5 Å². The zero-order valence-electron chi connectivity index (χ0n) is 11.0. The van der Waals surface area contributed by atoms with E-state index in [4.69, 9.17) is 16.3 Å². The maximum Gasteiger partial charge on any atom is 0.263 e. The molecule has 110 valence electrons. The third kappa shape index (κ3) is 2.32. The zero-order valence-corrected chi connectivity index (χ0v) is 12.5. The van der Waals surface area contributed by atoms with Gasteiger partial charge in [-0.15, -0.1) is 11.3 Å². The molecule has 3 aromatic heterocycles. The molecule has 22 heavy (non-hydrogen) atoms. The van der Waals surface area contributed by atoms with E-state index in [1.54, 1.807) is 12.1 Å². The number of thiophene rings is 1. The standard InChI is InChI=1S/C13H8ClN5O2S/c14-13-15-6-3-4-22-10(6)12(19-13)17-8-2-1-7-11(16-8)18-9(20)5-21-7/h1-4H,5H2,(H2,15,16,17,18,19,20). The number of nitrogens with one attached hydrogen (secondary N) is 2. The molecular weight excluding hydrogens is 326 g/mol. The monoisotopic (exact) mass is 333 g/mol. The summed E-state index contributed by atoms with van der Waals surface area (Å²) in [6.07, 6.45) is 0. The van der Waals surface area contributed by atoms with Crippen LogP contribution < -0.4 is 15.4 Å². The van der Waals surface area contributed by atoms with Crippen LogP contribution in [-0.2, 0) is 4.79 Å². The average Bonchev–Trinajstić information content (AvgIpc) is 2.95. The maximum atomic E-state index is 11.3. The van der Waals surface area contributed by atoms with Crippen LogP contribution in [0.3, 0.4) is 0 Å². The Morgan fingerprint density at radius 1 is 1.27 bits per heavy atom. The minimum Gasteiger partial charge on any atom is -0.480 e. The highest BCUT2D eigenvalue weighted by Crippen LogP contribution is 2.31. The largest absolute Gasteiger partial charge is 0.480 e. The fourth-order valence-corrected chi connectivity index (χ4v) is 3.03. The van der Waals surface area contributed by atoms with Gasteiger partial charge in [0.25, 0.3) is 5.91 Å². The number of carbonyl (C=O) groups excluding carboxylic acids is 1. The van der Waals surface area contributed by atoms with Gasteiger partial charge in [0.1, 0.15) is 5.82 Å². The highest BCUT2D eigenvalue weighted by atomic mass is 35.5. The van der Waals surface area contributed by atoms with Crippen molar-refractivity contribution in [2.45, 2.75) is 0 Å². The second kappa shape index (κ2) is 5.08. The van der Waals surface area contributed by atoms with Crippen LogP contribution in [0.1, 0.15) is 0 Å². The first-order valence-corrected chi connectivity index (χ1v) is 7.56. The summed E-state index contributed by atoms with van der Waals surface area (Å²) in [5.41, 5.74) is 0.766. The number of ether oxygens (including phenoxy) is 1. The summed E-state index contributed by atoms with van der Waals surface area (Å²) in [6, 6.07) is 5.34. The summed E-state index contributed by atoms with van der Waals surface area (Å²) in [6.45, 7) is -0.00120. The number of hydrogen-bond acceptors (Lipinski definition) is 7. The highest BCUT2D eigenvalue weighted by Gasteiger charge is 2.18. The molecule has 2 N–H and O–H groups in total. The first-order chi connectivity index (χ1) is 10.7. The number of aromatic nitrogens is 3. The van der Waals surface area contributed by atoms with Crippen LogP contribution in [-0.4, -0.2) is 27.5 Å². The number of anilines is 3. The molecule has 1 aliphatic heterocycles. The van der Waals surface area contributed by atoms with Gasteiger partial charge >= 0.3 is 0 Å². The van der Waals surface area contributed by atoms with Gasteiger partial charge in [-0.1, -0.05) is 0 Å². The lowest BCUT2D eigenvalue weighted by Crippen LogP contribution is -2.26. The molecule has 0 spiro atoms. The predicted molar refractivity (Wildman–Crippen MR) is 84.1 cm³/mol. The van der Waals surface area contributed by atoms with Gasteiger partial charge in [-0.3, -0.25) is 4.79 Å². The number of hydrogen-bond donors (Lipinski definition) is 2. The van der Waals surface area contributed by atoms with E-state index in [-0.39, 0.29) is 17.8 Å². The maximum absolute atomic E-state index is 11.3. The summed E-state index contributed by atoms with van der Waals surface area (Å²) < 4.78 is 6.15. The van der Waals surface area contributed by atoms with Crippen molar-refractivity contribution in [3.05, 3.63) is 28.9 Å². The smallest absolute Gasteiger partial charge is 0.263 e. The van der Waals surface area contributed by atoms with Crippen LogP contribution in [0.15, 0.2) is 23.6 Å². The molecule has 0 atom stereocenters. The van der Waals surface area contributed by atoms with Crippen molar-refractivity contribution in [2.24, 2.45) is 0 Å². The summed E-state index contributed by atoms with van der Waals surface area (Å²) in [5.74, 6) is 1.77. The lowest BCUT2D eigenvalue weighted by molar-refractivity contribution is -0.118. The van der Waals surface area contributed by atoms with Crippen molar-refractivity contribution in [3.63, 3.8) is 0 Å². The van der Waals surface area contributed by atoms with Crippen molar-refractivity contribution >= 4 is 56.5 Å². The Labute approximate surface area is 133 Å². The van der Waals surface area contributed by atoms with E-state index in [2.05, 4.69) is 25.6 Å². The third-order valence-electron chi connectivity index (χ3n) is 3.00. The fourth-order valence-electron chi connectivity index (χ4n) is 2.07. The van der Waals surface area contributed by atoms with Gasteiger partial charge in [-0.2, -0.15) is 4.98 Å². The summed E-state index contributed by atoms with van der Waals surface area (Å²) in [4.78, 5) is 24.0. The number of halogens is 1. The number of carbonyl (C=O) groups is 1. The van der Waals surface area contributed by atoms with Crippen LogP contribution in [0, 0.1) is 0 Å². The Morgan fingerprint density at radius 2 is 2.18 bits per heavy atom. The fraction of sp³-hybridized carbons (Fsp3) is 0.0769. The van der Waals surface area contributed by atoms with Crippen LogP contribution in [0.5, 0.6) is 5.75 Å². The number of pyridine rings is 1. The Kier molecular flexibility index (Phi) is 3.05.